The number of fused-ring (bicyclic) bond motifs is 1. The van der Waals surface area contributed by atoms with Crippen molar-refractivity contribution in [3.63, 3.8) is 0 Å². The molecule has 2 aliphatic heterocycles. The number of aromatic nitrogens is 2. The van der Waals surface area contributed by atoms with E-state index in [1.807, 2.05) is 45.5 Å². The second-order valence-corrected chi connectivity index (χ2v) is 9.96. The van der Waals surface area contributed by atoms with Gasteiger partial charge in [0.25, 0.3) is 5.56 Å². The molecule has 2 aliphatic rings. The van der Waals surface area contributed by atoms with E-state index in [0.29, 0.717) is 37.6 Å². The van der Waals surface area contributed by atoms with Gasteiger partial charge in [0.15, 0.2) is 4.96 Å². The van der Waals surface area contributed by atoms with E-state index in [2.05, 4.69) is 9.88 Å². The summed E-state index contributed by atoms with van der Waals surface area (Å²) in [4.78, 5) is 49.6. The summed E-state index contributed by atoms with van der Waals surface area (Å²) in [6.45, 7) is 4.67. The van der Waals surface area contributed by atoms with Crippen LogP contribution in [0.25, 0.3) is 4.96 Å². The van der Waals surface area contributed by atoms with Gasteiger partial charge in [0.2, 0.25) is 11.8 Å². The molecule has 0 aliphatic carbocycles. The van der Waals surface area contributed by atoms with Crippen LogP contribution in [-0.2, 0) is 22.6 Å². The number of rotatable bonds is 5. The molecule has 34 heavy (non-hydrogen) atoms. The standard InChI is InChI=1S/C25H29N5O3S/c31-22(15-19-5-2-1-3-6-19)29-8-4-7-20(17-29)24(33)28-11-9-27(10-12-28)18-21-16-23(32)30-13-14-34-25(30)26-21/h1-3,5-6,13-14,16,20H,4,7-12,15,17-18H2. The molecule has 8 nitrogen and oxygen atoms in total. The summed E-state index contributed by atoms with van der Waals surface area (Å²) >= 11 is 1.45. The third kappa shape index (κ3) is 5.05. The van der Waals surface area contributed by atoms with E-state index >= 15 is 0 Å². The summed E-state index contributed by atoms with van der Waals surface area (Å²) in [7, 11) is 0. The average molecular weight is 480 g/mol. The quantitative estimate of drug-likeness (QED) is 0.559. The van der Waals surface area contributed by atoms with Gasteiger partial charge in [-0.25, -0.2) is 4.98 Å². The molecular weight excluding hydrogens is 450 g/mol. The van der Waals surface area contributed by atoms with Crippen molar-refractivity contribution in [1.82, 2.24) is 24.1 Å². The average Bonchev–Trinajstić information content (AvgIpc) is 3.34. The van der Waals surface area contributed by atoms with Gasteiger partial charge in [-0.15, -0.1) is 11.3 Å². The highest BCUT2D eigenvalue weighted by atomic mass is 32.1. The van der Waals surface area contributed by atoms with Crippen molar-refractivity contribution in [2.24, 2.45) is 5.92 Å². The van der Waals surface area contributed by atoms with Crippen LogP contribution in [0.1, 0.15) is 24.1 Å². The van der Waals surface area contributed by atoms with E-state index in [1.165, 1.54) is 11.3 Å². The molecule has 2 aromatic heterocycles. The van der Waals surface area contributed by atoms with Crippen LogP contribution in [0.4, 0.5) is 0 Å². The fourth-order valence-electron chi connectivity index (χ4n) is 4.87. The first-order chi connectivity index (χ1) is 16.6. The van der Waals surface area contributed by atoms with Gasteiger partial charge >= 0.3 is 0 Å². The molecule has 0 saturated carbocycles. The van der Waals surface area contributed by atoms with Gasteiger partial charge in [0.05, 0.1) is 18.0 Å². The van der Waals surface area contributed by atoms with Gasteiger partial charge in [-0.3, -0.25) is 23.7 Å². The Morgan fingerprint density at radius 1 is 1.03 bits per heavy atom. The fraction of sp³-hybridized carbons (Fsp3) is 0.440. The van der Waals surface area contributed by atoms with Gasteiger partial charge in [0, 0.05) is 63.5 Å². The van der Waals surface area contributed by atoms with Crippen molar-refractivity contribution in [2.75, 3.05) is 39.3 Å². The molecule has 178 valence electrons. The van der Waals surface area contributed by atoms with Gasteiger partial charge in [0.1, 0.15) is 0 Å². The van der Waals surface area contributed by atoms with Crippen molar-refractivity contribution >= 4 is 28.1 Å². The number of benzene rings is 1. The van der Waals surface area contributed by atoms with Crippen LogP contribution in [0.15, 0.2) is 52.8 Å². The van der Waals surface area contributed by atoms with Crippen LogP contribution in [0.3, 0.4) is 0 Å². The Labute approximate surface area is 202 Å². The third-order valence-electron chi connectivity index (χ3n) is 6.75. The Bertz CT molecular complexity index is 1220. The van der Waals surface area contributed by atoms with E-state index in [9.17, 15) is 14.4 Å². The molecule has 3 aromatic rings. The molecule has 5 rings (SSSR count). The minimum absolute atomic E-state index is 0.0567. The molecule has 0 radical (unpaired) electrons. The summed E-state index contributed by atoms with van der Waals surface area (Å²) in [6, 6.07) is 11.4. The Morgan fingerprint density at radius 3 is 2.62 bits per heavy atom. The Balaban J connectivity index is 1.13. The number of likely N-dealkylation sites (tertiary alicyclic amines) is 1. The van der Waals surface area contributed by atoms with E-state index in [-0.39, 0.29) is 23.3 Å². The highest BCUT2D eigenvalue weighted by Gasteiger charge is 2.32. The zero-order valence-electron chi connectivity index (χ0n) is 19.1. The molecule has 0 N–H and O–H groups in total. The van der Waals surface area contributed by atoms with Crippen LogP contribution in [-0.4, -0.2) is 75.2 Å². The van der Waals surface area contributed by atoms with E-state index in [1.54, 1.807) is 16.7 Å². The van der Waals surface area contributed by atoms with Gasteiger partial charge < -0.3 is 9.80 Å². The smallest absolute Gasteiger partial charge is 0.258 e. The van der Waals surface area contributed by atoms with Crippen LogP contribution >= 0.6 is 11.3 Å². The molecule has 2 saturated heterocycles. The van der Waals surface area contributed by atoms with Crippen molar-refractivity contribution in [3.05, 3.63) is 69.6 Å². The van der Waals surface area contributed by atoms with Crippen molar-refractivity contribution in [2.45, 2.75) is 25.8 Å². The number of amides is 2. The zero-order chi connectivity index (χ0) is 23.5. The molecule has 4 heterocycles. The lowest BCUT2D eigenvalue weighted by molar-refractivity contribution is -0.142. The number of carbonyl (C=O) groups is 2. The lowest BCUT2D eigenvalue weighted by atomic mass is 9.95. The van der Waals surface area contributed by atoms with Crippen molar-refractivity contribution in [3.8, 4) is 0 Å². The monoisotopic (exact) mass is 479 g/mol. The number of piperazine rings is 1. The maximum Gasteiger partial charge on any atom is 0.258 e. The second-order valence-electron chi connectivity index (χ2n) is 9.08. The van der Waals surface area contributed by atoms with Crippen LogP contribution in [0.2, 0.25) is 0 Å². The number of thiazole rings is 1. The summed E-state index contributed by atoms with van der Waals surface area (Å²) < 4.78 is 1.56. The van der Waals surface area contributed by atoms with E-state index in [0.717, 1.165) is 43.7 Å². The van der Waals surface area contributed by atoms with Crippen LogP contribution in [0.5, 0.6) is 0 Å². The number of carbonyl (C=O) groups excluding carboxylic acids is 2. The number of hydrogen-bond acceptors (Lipinski definition) is 6. The molecule has 1 aromatic carbocycles. The van der Waals surface area contributed by atoms with Crippen LogP contribution < -0.4 is 5.56 Å². The molecule has 2 amide bonds. The van der Waals surface area contributed by atoms with Gasteiger partial charge in [-0.1, -0.05) is 30.3 Å². The first kappa shape index (κ1) is 22.7. The number of hydrogen-bond donors (Lipinski definition) is 0. The Morgan fingerprint density at radius 2 is 1.82 bits per heavy atom. The van der Waals surface area contributed by atoms with E-state index in [4.69, 9.17) is 0 Å². The molecule has 9 heteroatoms. The summed E-state index contributed by atoms with van der Waals surface area (Å²) in [5.74, 6) is 0.135. The lowest BCUT2D eigenvalue weighted by Gasteiger charge is -2.39. The van der Waals surface area contributed by atoms with E-state index < -0.39 is 0 Å². The normalized spacial score (nSPS) is 19.5. The largest absolute Gasteiger partial charge is 0.342 e. The van der Waals surface area contributed by atoms with Gasteiger partial charge in [-0.05, 0) is 18.4 Å². The minimum Gasteiger partial charge on any atom is -0.342 e. The van der Waals surface area contributed by atoms with Crippen LogP contribution in [0, 0.1) is 5.92 Å². The molecule has 0 bridgehead atoms. The summed E-state index contributed by atoms with van der Waals surface area (Å²) in [5, 5.41) is 1.86. The predicted molar refractivity (Wildman–Crippen MR) is 131 cm³/mol. The minimum atomic E-state index is -0.122. The van der Waals surface area contributed by atoms with Crippen molar-refractivity contribution in [1.29, 1.82) is 0 Å². The lowest BCUT2D eigenvalue weighted by Crippen LogP contribution is -2.53. The molecule has 2 fully saturated rings. The number of piperidine rings is 1. The fourth-order valence-corrected chi connectivity index (χ4v) is 5.61. The molecular formula is C25H29N5O3S. The first-order valence-corrected chi connectivity index (χ1v) is 12.7. The second kappa shape index (κ2) is 10.1. The zero-order valence-corrected chi connectivity index (χ0v) is 20.0. The molecule has 1 unspecified atom stereocenters. The highest BCUT2D eigenvalue weighted by molar-refractivity contribution is 7.15. The third-order valence-corrected chi connectivity index (χ3v) is 7.50. The SMILES string of the molecule is O=C(Cc1ccccc1)N1CCCC(C(=O)N2CCN(Cc3cc(=O)n4ccsc4n3)CC2)C1. The molecule has 1 atom stereocenters. The predicted octanol–water partition coefficient (Wildman–Crippen LogP) is 1.88. The highest BCUT2D eigenvalue weighted by Crippen LogP contribution is 2.21. The molecule has 0 spiro atoms. The van der Waals surface area contributed by atoms with Crippen molar-refractivity contribution < 1.29 is 9.59 Å². The maximum atomic E-state index is 13.2. The first-order valence-electron chi connectivity index (χ1n) is 11.9. The van der Waals surface area contributed by atoms with Gasteiger partial charge in [-0.2, -0.15) is 0 Å². The summed E-state index contributed by atoms with van der Waals surface area (Å²) in [6.07, 6.45) is 3.83. The summed E-state index contributed by atoms with van der Waals surface area (Å²) in [5.41, 5.74) is 1.72. The Hall–Kier alpha value is -3.04. The maximum absolute atomic E-state index is 13.2. The topological polar surface area (TPSA) is 78.2 Å². The Kier molecular flexibility index (Phi) is 6.73. The number of nitrogens with zero attached hydrogens (tertiary/aromatic N) is 5.